The van der Waals surface area contributed by atoms with Gasteiger partial charge in [-0.2, -0.15) is 0 Å². The van der Waals surface area contributed by atoms with Crippen LogP contribution in [0.25, 0.3) is 0 Å². The molecule has 0 aliphatic rings. The van der Waals surface area contributed by atoms with Crippen molar-refractivity contribution in [2.75, 3.05) is 0 Å². The van der Waals surface area contributed by atoms with Crippen LogP contribution in [-0.2, 0) is 9.59 Å². The van der Waals surface area contributed by atoms with E-state index in [-0.39, 0.29) is 5.78 Å². The van der Waals surface area contributed by atoms with Gasteiger partial charge in [0.2, 0.25) is 5.91 Å². The van der Waals surface area contributed by atoms with Gasteiger partial charge in [-0.25, -0.2) is 0 Å². The van der Waals surface area contributed by atoms with E-state index in [4.69, 9.17) is 5.73 Å². The first kappa shape index (κ1) is 14.6. The van der Waals surface area contributed by atoms with E-state index in [1.54, 1.807) is 6.08 Å². The van der Waals surface area contributed by atoms with Crippen LogP contribution in [0.3, 0.4) is 0 Å². The highest BCUT2D eigenvalue weighted by Crippen LogP contribution is 2.05. The van der Waals surface area contributed by atoms with Gasteiger partial charge in [0.1, 0.15) is 0 Å². The van der Waals surface area contributed by atoms with Crippen LogP contribution in [0.1, 0.15) is 45.4 Å². The van der Waals surface area contributed by atoms with Crippen molar-refractivity contribution in [3.8, 4) is 0 Å². The number of amides is 1. The van der Waals surface area contributed by atoms with Crippen LogP contribution >= 0.6 is 0 Å². The Balaban J connectivity index is 3.54. The third-order valence-corrected chi connectivity index (χ3v) is 2.18. The zero-order valence-corrected chi connectivity index (χ0v) is 9.95. The summed E-state index contributed by atoms with van der Waals surface area (Å²) in [5.41, 5.74) is 4.89. The third kappa shape index (κ3) is 10.7. The number of rotatable bonds is 9. The molecule has 0 radical (unpaired) electrons. The molecule has 0 spiro atoms. The van der Waals surface area contributed by atoms with Gasteiger partial charge in [0.05, 0.1) is 0 Å². The van der Waals surface area contributed by atoms with Gasteiger partial charge in [0, 0.05) is 12.5 Å². The van der Waals surface area contributed by atoms with Gasteiger partial charge < -0.3 is 5.73 Å². The highest BCUT2D eigenvalue weighted by Gasteiger charge is 1.95. The molecule has 0 aliphatic heterocycles. The Morgan fingerprint density at radius 2 is 1.62 bits per heavy atom. The molecule has 0 aromatic rings. The third-order valence-electron chi connectivity index (χ3n) is 2.18. The molecule has 3 heteroatoms. The minimum atomic E-state index is -0.503. The van der Waals surface area contributed by atoms with E-state index in [2.05, 4.69) is 6.92 Å². The van der Waals surface area contributed by atoms with Gasteiger partial charge in [-0.1, -0.05) is 44.8 Å². The van der Waals surface area contributed by atoms with Gasteiger partial charge in [0.15, 0.2) is 5.78 Å². The lowest BCUT2D eigenvalue weighted by molar-refractivity contribution is -0.115. The fourth-order valence-corrected chi connectivity index (χ4v) is 1.30. The second kappa shape index (κ2) is 10.1. The lowest BCUT2D eigenvalue weighted by Gasteiger charge is -1.96. The molecule has 0 unspecified atom stereocenters. The number of unbranched alkanes of at least 4 members (excludes halogenated alkanes) is 4. The highest BCUT2D eigenvalue weighted by atomic mass is 16.1. The maximum atomic E-state index is 11.3. The monoisotopic (exact) mass is 223 g/mol. The summed E-state index contributed by atoms with van der Waals surface area (Å²) < 4.78 is 0. The standard InChI is InChI=1S/C13H21NO2/c1-2-3-4-5-6-9-12(15)10-7-8-11-13(14)16/h7-8,10-11H,2-6,9H2,1H3,(H2,14,16)/b10-7+,11-8+. The second-order valence-corrected chi connectivity index (χ2v) is 3.75. The Hall–Kier alpha value is -1.38. The number of ketones is 1. The zero-order chi connectivity index (χ0) is 12.2. The first-order valence-electron chi connectivity index (χ1n) is 5.83. The van der Waals surface area contributed by atoms with Crippen molar-refractivity contribution in [1.29, 1.82) is 0 Å². The van der Waals surface area contributed by atoms with E-state index in [1.165, 1.54) is 37.5 Å². The van der Waals surface area contributed by atoms with Gasteiger partial charge in [-0.05, 0) is 12.5 Å². The van der Waals surface area contributed by atoms with Crippen molar-refractivity contribution < 1.29 is 9.59 Å². The number of primary amides is 1. The van der Waals surface area contributed by atoms with Crippen LogP contribution in [0, 0.1) is 0 Å². The van der Waals surface area contributed by atoms with Gasteiger partial charge in [0.25, 0.3) is 0 Å². The lowest BCUT2D eigenvalue weighted by Crippen LogP contribution is -2.04. The molecule has 0 fully saturated rings. The smallest absolute Gasteiger partial charge is 0.241 e. The van der Waals surface area contributed by atoms with E-state index < -0.39 is 5.91 Å². The van der Waals surface area contributed by atoms with E-state index in [0.717, 1.165) is 12.8 Å². The Morgan fingerprint density at radius 3 is 2.25 bits per heavy atom. The summed E-state index contributed by atoms with van der Waals surface area (Å²) in [4.78, 5) is 21.6. The van der Waals surface area contributed by atoms with Crippen LogP contribution in [-0.4, -0.2) is 11.7 Å². The van der Waals surface area contributed by atoms with Gasteiger partial charge >= 0.3 is 0 Å². The molecule has 0 aromatic carbocycles. The van der Waals surface area contributed by atoms with Crippen molar-refractivity contribution >= 4 is 11.7 Å². The van der Waals surface area contributed by atoms with Crippen molar-refractivity contribution in [3.05, 3.63) is 24.3 Å². The normalized spacial score (nSPS) is 11.3. The highest BCUT2D eigenvalue weighted by molar-refractivity contribution is 5.90. The molecule has 0 aliphatic carbocycles. The van der Waals surface area contributed by atoms with Gasteiger partial charge in [-0.15, -0.1) is 0 Å². The van der Waals surface area contributed by atoms with Crippen LogP contribution in [0.2, 0.25) is 0 Å². The maximum Gasteiger partial charge on any atom is 0.241 e. The Bertz CT molecular complexity index is 267. The molecule has 0 aromatic heterocycles. The summed E-state index contributed by atoms with van der Waals surface area (Å²) in [5.74, 6) is -0.401. The van der Waals surface area contributed by atoms with E-state index in [1.807, 2.05) is 0 Å². The first-order chi connectivity index (χ1) is 7.66. The predicted octanol–water partition coefficient (Wildman–Crippen LogP) is 2.51. The molecule has 0 saturated heterocycles. The summed E-state index contributed by atoms with van der Waals surface area (Å²) in [7, 11) is 0. The number of carbonyl (C=O) groups excluding carboxylic acids is 2. The van der Waals surface area contributed by atoms with Crippen molar-refractivity contribution in [1.82, 2.24) is 0 Å². The minimum absolute atomic E-state index is 0.102. The van der Waals surface area contributed by atoms with Crippen LogP contribution in [0.5, 0.6) is 0 Å². The Kier molecular flexibility index (Phi) is 9.27. The molecule has 2 N–H and O–H groups in total. The van der Waals surface area contributed by atoms with Crippen LogP contribution in [0.4, 0.5) is 0 Å². The Labute approximate surface area is 97.4 Å². The maximum absolute atomic E-state index is 11.3. The molecule has 0 heterocycles. The summed E-state index contributed by atoms with van der Waals surface area (Å²) in [6, 6.07) is 0. The first-order valence-corrected chi connectivity index (χ1v) is 5.83. The molecular formula is C13H21NO2. The summed E-state index contributed by atoms with van der Waals surface area (Å²) >= 11 is 0. The lowest BCUT2D eigenvalue weighted by atomic mass is 10.1. The quantitative estimate of drug-likeness (QED) is 0.371. The van der Waals surface area contributed by atoms with Crippen molar-refractivity contribution in [3.63, 3.8) is 0 Å². The van der Waals surface area contributed by atoms with E-state index in [0.29, 0.717) is 6.42 Å². The molecule has 16 heavy (non-hydrogen) atoms. The topological polar surface area (TPSA) is 60.2 Å². The number of nitrogens with two attached hydrogens (primary N) is 1. The average molecular weight is 223 g/mol. The summed E-state index contributed by atoms with van der Waals surface area (Å²) in [5, 5.41) is 0. The zero-order valence-electron chi connectivity index (χ0n) is 9.95. The number of carbonyl (C=O) groups is 2. The minimum Gasteiger partial charge on any atom is -0.366 e. The molecular weight excluding hydrogens is 202 g/mol. The predicted molar refractivity (Wildman–Crippen MR) is 65.9 cm³/mol. The summed E-state index contributed by atoms with van der Waals surface area (Å²) in [6.07, 6.45) is 12.1. The molecule has 3 nitrogen and oxygen atoms in total. The summed E-state index contributed by atoms with van der Waals surface area (Å²) in [6.45, 7) is 2.17. The van der Waals surface area contributed by atoms with Gasteiger partial charge in [-0.3, -0.25) is 9.59 Å². The molecule has 1 amide bonds. The fraction of sp³-hybridized carbons (Fsp3) is 0.538. The molecule has 0 atom stereocenters. The fourth-order valence-electron chi connectivity index (χ4n) is 1.30. The molecule has 90 valence electrons. The van der Waals surface area contributed by atoms with E-state index in [9.17, 15) is 9.59 Å². The number of hydrogen-bond donors (Lipinski definition) is 1. The molecule has 0 bridgehead atoms. The molecule has 0 rings (SSSR count). The average Bonchev–Trinajstić information content (AvgIpc) is 2.24. The van der Waals surface area contributed by atoms with Crippen LogP contribution in [0.15, 0.2) is 24.3 Å². The van der Waals surface area contributed by atoms with Crippen molar-refractivity contribution in [2.45, 2.75) is 45.4 Å². The Morgan fingerprint density at radius 1 is 1.00 bits per heavy atom. The number of hydrogen-bond acceptors (Lipinski definition) is 2. The second-order valence-electron chi connectivity index (χ2n) is 3.75. The largest absolute Gasteiger partial charge is 0.366 e. The van der Waals surface area contributed by atoms with Crippen molar-refractivity contribution in [2.24, 2.45) is 5.73 Å². The van der Waals surface area contributed by atoms with E-state index >= 15 is 0 Å². The molecule has 0 saturated carbocycles. The van der Waals surface area contributed by atoms with Crippen LogP contribution < -0.4 is 5.73 Å². The number of allylic oxidation sites excluding steroid dienone is 3. The SMILES string of the molecule is CCCCCCCC(=O)/C=C/C=C/C(N)=O.